The Morgan fingerprint density at radius 3 is 2.53 bits per heavy atom. The number of nitrogens with one attached hydrogen (secondary N) is 2. The Morgan fingerprint density at radius 1 is 1.03 bits per heavy atom. The highest BCUT2D eigenvalue weighted by atomic mass is 16.5. The number of benzene rings is 3. The summed E-state index contributed by atoms with van der Waals surface area (Å²) in [5.41, 5.74) is 4.18. The van der Waals surface area contributed by atoms with Gasteiger partial charge in [0.1, 0.15) is 11.9 Å². The van der Waals surface area contributed by atoms with E-state index < -0.39 is 18.0 Å². The van der Waals surface area contributed by atoms with E-state index in [0.29, 0.717) is 16.8 Å². The van der Waals surface area contributed by atoms with Gasteiger partial charge in [-0.1, -0.05) is 30.3 Å². The average molecular weight is 405 g/mol. The van der Waals surface area contributed by atoms with Crippen molar-refractivity contribution in [1.29, 1.82) is 0 Å². The van der Waals surface area contributed by atoms with Crippen LogP contribution in [0, 0.1) is 0 Å². The summed E-state index contributed by atoms with van der Waals surface area (Å²) in [7, 11) is 1.42. The van der Waals surface area contributed by atoms with Crippen LogP contribution in [0.5, 0.6) is 17.2 Å². The predicted octanol–water partition coefficient (Wildman–Crippen LogP) is 3.02. The van der Waals surface area contributed by atoms with Crippen LogP contribution in [0.1, 0.15) is 32.4 Å². The van der Waals surface area contributed by atoms with Gasteiger partial charge >= 0.3 is 0 Å². The summed E-state index contributed by atoms with van der Waals surface area (Å²) in [6.07, 6.45) is -0.781. The van der Waals surface area contributed by atoms with Crippen molar-refractivity contribution in [3.63, 3.8) is 0 Å². The number of amides is 2. The molecule has 3 aromatic carbocycles. The van der Waals surface area contributed by atoms with E-state index in [1.807, 2.05) is 0 Å². The molecule has 30 heavy (non-hydrogen) atoms. The number of carbonyl (C=O) groups excluding carboxylic acids is 2. The van der Waals surface area contributed by atoms with Gasteiger partial charge in [-0.15, -0.1) is 0 Å². The molecule has 4 rings (SSSR count). The summed E-state index contributed by atoms with van der Waals surface area (Å²) >= 11 is 0. The van der Waals surface area contributed by atoms with Gasteiger partial charge in [-0.05, 0) is 36.4 Å². The number of aromatic hydroxyl groups is 2. The maximum absolute atomic E-state index is 13.2. The van der Waals surface area contributed by atoms with Crippen molar-refractivity contribution in [2.24, 2.45) is 0 Å². The number of phenols is 2. The fraction of sp³-hybridized carbons (Fsp3) is 0.0909. The zero-order valence-corrected chi connectivity index (χ0v) is 16.0. The molecule has 0 spiro atoms. The van der Waals surface area contributed by atoms with E-state index in [1.165, 1.54) is 25.3 Å². The number of nitrogens with zero attached hydrogens (tertiary/aromatic N) is 1. The second kappa shape index (κ2) is 7.67. The smallest absolute Gasteiger partial charge is 0.276 e. The van der Waals surface area contributed by atoms with Crippen molar-refractivity contribution in [2.45, 2.75) is 6.17 Å². The van der Waals surface area contributed by atoms with Crippen LogP contribution in [-0.2, 0) is 0 Å². The highest BCUT2D eigenvalue weighted by molar-refractivity contribution is 6.04. The quantitative estimate of drug-likeness (QED) is 0.531. The Balaban J connectivity index is 1.75. The number of fused-ring (bicyclic) bond motifs is 1. The minimum atomic E-state index is -0.781. The highest BCUT2D eigenvalue weighted by Gasteiger charge is 2.35. The lowest BCUT2D eigenvalue weighted by Crippen LogP contribution is -2.52. The molecule has 0 aliphatic carbocycles. The van der Waals surface area contributed by atoms with E-state index in [1.54, 1.807) is 48.5 Å². The minimum absolute atomic E-state index is 0.0335. The molecule has 0 fully saturated rings. The van der Waals surface area contributed by atoms with E-state index in [4.69, 9.17) is 4.74 Å². The molecule has 0 saturated carbocycles. The monoisotopic (exact) mass is 405 g/mol. The van der Waals surface area contributed by atoms with Crippen molar-refractivity contribution in [2.75, 3.05) is 12.4 Å². The zero-order chi connectivity index (χ0) is 21.3. The molecule has 8 nitrogen and oxygen atoms in total. The molecular weight excluding hydrogens is 386 g/mol. The molecule has 2 amide bonds. The normalized spacial score (nSPS) is 15.2. The van der Waals surface area contributed by atoms with Crippen LogP contribution < -0.4 is 15.5 Å². The molecule has 0 bridgehead atoms. The number of rotatable bonds is 4. The molecule has 0 aromatic heterocycles. The molecule has 1 aliphatic rings. The van der Waals surface area contributed by atoms with Crippen LogP contribution in [0.3, 0.4) is 0 Å². The number of methoxy groups -OCH3 is 1. The molecule has 0 radical (unpaired) electrons. The molecule has 0 saturated heterocycles. The predicted molar refractivity (Wildman–Crippen MR) is 109 cm³/mol. The second-order valence-electron chi connectivity index (χ2n) is 6.66. The Hall–Kier alpha value is -4.20. The van der Waals surface area contributed by atoms with E-state index in [-0.39, 0.29) is 22.8 Å². The van der Waals surface area contributed by atoms with Crippen LogP contribution in [0.4, 0.5) is 5.69 Å². The van der Waals surface area contributed by atoms with Crippen molar-refractivity contribution in [3.05, 3.63) is 83.4 Å². The molecule has 4 N–H and O–H groups in total. The lowest BCUT2D eigenvalue weighted by Gasteiger charge is -2.37. The molecular formula is C22H19N3O5. The van der Waals surface area contributed by atoms with Gasteiger partial charge in [0.25, 0.3) is 11.8 Å². The number of hydrogen-bond donors (Lipinski definition) is 4. The first-order valence-electron chi connectivity index (χ1n) is 9.14. The first-order chi connectivity index (χ1) is 14.5. The number of anilines is 1. The van der Waals surface area contributed by atoms with Crippen molar-refractivity contribution in [1.82, 2.24) is 10.4 Å². The molecule has 3 aromatic rings. The van der Waals surface area contributed by atoms with Crippen LogP contribution >= 0.6 is 0 Å². The van der Waals surface area contributed by atoms with Gasteiger partial charge in [0.2, 0.25) is 0 Å². The summed E-state index contributed by atoms with van der Waals surface area (Å²) in [6.45, 7) is 0. The fourth-order valence-electron chi connectivity index (χ4n) is 3.30. The standard InChI is InChI=1S/C22H19N3O5/c1-30-19-12-13(10-11-18(19)27)20-23-16-8-4-2-6-14(16)22(29)25(20)24-21(28)15-7-3-5-9-17(15)26/h2-12,20,23,26-27H,1H3,(H,24,28). The van der Waals surface area contributed by atoms with Gasteiger partial charge in [-0.3, -0.25) is 15.0 Å². The molecule has 1 unspecified atom stereocenters. The molecule has 8 heteroatoms. The second-order valence-corrected chi connectivity index (χ2v) is 6.66. The van der Waals surface area contributed by atoms with Gasteiger partial charge in [0.05, 0.1) is 18.2 Å². The van der Waals surface area contributed by atoms with Crippen molar-refractivity contribution >= 4 is 17.5 Å². The molecule has 1 heterocycles. The summed E-state index contributed by atoms with van der Waals surface area (Å²) in [4.78, 5) is 26.0. The zero-order valence-electron chi connectivity index (χ0n) is 16.0. The Labute approximate surface area is 172 Å². The van der Waals surface area contributed by atoms with Crippen LogP contribution in [0.15, 0.2) is 66.7 Å². The summed E-state index contributed by atoms with van der Waals surface area (Å²) in [5.74, 6) is -1.08. The van der Waals surface area contributed by atoms with Gasteiger partial charge in [0, 0.05) is 11.3 Å². The van der Waals surface area contributed by atoms with Crippen molar-refractivity contribution < 1.29 is 24.5 Å². The number of phenolic OH excluding ortho intramolecular Hbond substituents is 2. The number of hydrazine groups is 1. The van der Waals surface area contributed by atoms with Gasteiger partial charge < -0.3 is 20.3 Å². The number of ether oxygens (including phenoxy) is 1. The van der Waals surface area contributed by atoms with Crippen LogP contribution in [-0.4, -0.2) is 34.1 Å². The highest BCUT2D eigenvalue weighted by Crippen LogP contribution is 2.35. The van der Waals surface area contributed by atoms with Crippen LogP contribution in [0.25, 0.3) is 0 Å². The van der Waals surface area contributed by atoms with E-state index >= 15 is 0 Å². The fourth-order valence-corrected chi connectivity index (χ4v) is 3.30. The minimum Gasteiger partial charge on any atom is -0.507 e. The van der Waals surface area contributed by atoms with E-state index in [0.717, 1.165) is 5.01 Å². The number of para-hydroxylation sites is 2. The van der Waals surface area contributed by atoms with E-state index in [9.17, 15) is 19.8 Å². The summed E-state index contributed by atoms with van der Waals surface area (Å²) in [6, 6.07) is 17.6. The van der Waals surface area contributed by atoms with Crippen molar-refractivity contribution in [3.8, 4) is 17.2 Å². The lowest BCUT2D eigenvalue weighted by molar-refractivity contribution is 0.0489. The average Bonchev–Trinajstić information content (AvgIpc) is 2.76. The Morgan fingerprint density at radius 2 is 1.77 bits per heavy atom. The van der Waals surface area contributed by atoms with Crippen LogP contribution in [0.2, 0.25) is 0 Å². The maximum Gasteiger partial charge on any atom is 0.276 e. The van der Waals surface area contributed by atoms with Gasteiger partial charge in [-0.25, -0.2) is 5.01 Å². The number of hydrogen-bond acceptors (Lipinski definition) is 6. The maximum atomic E-state index is 13.2. The topological polar surface area (TPSA) is 111 Å². The third-order valence-electron chi connectivity index (χ3n) is 4.82. The molecule has 1 atom stereocenters. The third kappa shape index (κ3) is 3.35. The number of carbonyl (C=O) groups is 2. The summed E-state index contributed by atoms with van der Waals surface area (Å²) in [5, 5.41) is 24.3. The Bertz CT molecular complexity index is 1130. The third-order valence-corrected chi connectivity index (χ3v) is 4.82. The van der Waals surface area contributed by atoms with E-state index in [2.05, 4.69) is 10.7 Å². The molecule has 152 valence electrons. The Kier molecular flexibility index (Phi) is 4.89. The van der Waals surface area contributed by atoms with Gasteiger partial charge in [-0.2, -0.15) is 0 Å². The first kappa shape index (κ1) is 19.1. The first-order valence-corrected chi connectivity index (χ1v) is 9.14. The largest absolute Gasteiger partial charge is 0.507 e. The molecule has 1 aliphatic heterocycles. The summed E-state index contributed by atoms with van der Waals surface area (Å²) < 4.78 is 5.17. The SMILES string of the molecule is COc1cc(C2Nc3ccccc3C(=O)N2NC(=O)c2ccccc2O)ccc1O. The van der Waals surface area contributed by atoms with Gasteiger partial charge in [0.15, 0.2) is 11.5 Å². The lowest BCUT2D eigenvalue weighted by atomic mass is 10.0.